The van der Waals surface area contributed by atoms with Crippen molar-refractivity contribution in [3.05, 3.63) is 164 Å². The fourth-order valence-corrected chi connectivity index (χ4v) is 6.67. The highest BCUT2D eigenvalue weighted by Crippen LogP contribution is 2.43. The Kier molecular flexibility index (Phi) is 5.62. The van der Waals surface area contributed by atoms with Crippen LogP contribution in [0, 0.1) is 0 Å². The summed E-state index contributed by atoms with van der Waals surface area (Å²) in [6.45, 7) is 4.45. The molecule has 0 atom stereocenters. The third kappa shape index (κ3) is 3.96. The fourth-order valence-electron chi connectivity index (χ4n) is 6.67. The van der Waals surface area contributed by atoms with Gasteiger partial charge in [-0.25, -0.2) is 4.98 Å². The minimum Gasteiger partial charge on any atom is -0.455 e. The fraction of sp³-hybridized carbons (Fsp3) is 0. The molecular formula is C41H27N3O. The molecule has 4 nitrogen and oxygen atoms in total. The summed E-state index contributed by atoms with van der Waals surface area (Å²) in [5.41, 5.74) is 10.1. The summed E-state index contributed by atoms with van der Waals surface area (Å²) in [7, 11) is 0. The monoisotopic (exact) mass is 577 g/mol. The third-order valence-corrected chi connectivity index (χ3v) is 8.77. The zero-order chi connectivity index (χ0) is 29.9. The van der Waals surface area contributed by atoms with E-state index in [2.05, 4.69) is 119 Å². The van der Waals surface area contributed by atoms with Crippen LogP contribution < -0.4 is 4.90 Å². The molecule has 45 heavy (non-hydrogen) atoms. The van der Waals surface area contributed by atoms with Crippen molar-refractivity contribution >= 4 is 60.8 Å². The molecule has 1 aliphatic heterocycles. The van der Waals surface area contributed by atoms with Crippen molar-refractivity contribution in [3.8, 4) is 16.8 Å². The quantitative estimate of drug-likeness (QED) is 0.209. The van der Waals surface area contributed by atoms with E-state index in [0.29, 0.717) is 0 Å². The zero-order valence-corrected chi connectivity index (χ0v) is 24.4. The second-order valence-corrected chi connectivity index (χ2v) is 11.4. The average molecular weight is 578 g/mol. The molecule has 1 aliphatic rings. The summed E-state index contributed by atoms with van der Waals surface area (Å²) in [5, 5.41) is 4.61. The van der Waals surface area contributed by atoms with Gasteiger partial charge >= 0.3 is 0 Å². The van der Waals surface area contributed by atoms with Crippen LogP contribution in [0.5, 0.6) is 0 Å². The molecule has 5 aromatic carbocycles. The molecule has 3 aromatic heterocycles. The number of hydrogen-bond acceptors (Lipinski definition) is 3. The minimum atomic E-state index is 0.817. The van der Waals surface area contributed by atoms with Crippen LogP contribution in [0.2, 0.25) is 0 Å². The largest absolute Gasteiger partial charge is 0.455 e. The van der Waals surface area contributed by atoms with Gasteiger partial charge in [-0.2, -0.15) is 0 Å². The van der Waals surface area contributed by atoms with Crippen molar-refractivity contribution in [2.75, 3.05) is 4.90 Å². The van der Waals surface area contributed by atoms with Crippen molar-refractivity contribution in [1.29, 1.82) is 0 Å². The maximum Gasteiger partial charge on any atom is 0.145 e. The van der Waals surface area contributed by atoms with Gasteiger partial charge in [0.2, 0.25) is 0 Å². The van der Waals surface area contributed by atoms with E-state index >= 15 is 0 Å². The van der Waals surface area contributed by atoms with Crippen molar-refractivity contribution < 1.29 is 4.42 Å². The predicted molar refractivity (Wildman–Crippen MR) is 187 cm³/mol. The molecule has 4 heteroatoms. The van der Waals surface area contributed by atoms with Gasteiger partial charge in [0, 0.05) is 50.8 Å². The molecule has 212 valence electrons. The maximum atomic E-state index is 6.65. The Morgan fingerprint density at radius 3 is 2.13 bits per heavy atom. The second-order valence-electron chi connectivity index (χ2n) is 11.4. The highest BCUT2D eigenvalue weighted by atomic mass is 16.3. The first-order valence-corrected chi connectivity index (χ1v) is 15.1. The summed E-state index contributed by atoms with van der Waals surface area (Å²) in [6, 6.07) is 42.5. The summed E-state index contributed by atoms with van der Waals surface area (Å²) in [5.74, 6) is 0.819. The van der Waals surface area contributed by atoms with Gasteiger partial charge in [-0.15, -0.1) is 0 Å². The summed E-state index contributed by atoms with van der Waals surface area (Å²) in [4.78, 5) is 6.98. The lowest BCUT2D eigenvalue weighted by atomic mass is 9.99. The first kappa shape index (κ1) is 25.4. The van der Waals surface area contributed by atoms with Gasteiger partial charge in [-0.05, 0) is 71.8 Å². The number of para-hydroxylation sites is 2. The van der Waals surface area contributed by atoms with Crippen LogP contribution in [0.25, 0.3) is 66.1 Å². The van der Waals surface area contributed by atoms with E-state index in [1.54, 1.807) is 0 Å². The van der Waals surface area contributed by atoms with Crippen molar-refractivity contribution in [2.45, 2.75) is 0 Å². The van der Waals surface area contributed by atoms with E-state index in [1.165, 1.54) is 21.8 Å². The Morgan fingerprint density at radius 1 is 0.622 bits per heavy atom. The summed E-state index contributed by atoms with van der Waals surface area (Å²) < 4.78 is 8.99. The maximum absolute atomic E-state index is 6.65. The van der Waals surface area contributed by atoms with Gasteiger partial charge in [0.15, 0.2) is 0 Å². The van der Waals surface area contributed by atoms with Crippen molar-refractivity contribution in [2.24, 2.45) is 0 Å². The number of anilines is 2. The van der Waals surface area contributed by atoms with Gasteiger partial charge in [0.25, 0.3) is 0 Å². The molecule has 0 unspecified atom stereocenters. The van der Waals surface area contributed by atoms with Crippen LogP contribution >= 0.6 is 0 Å². The molecule has 0 N–H and O–H groups in total. The van der Waals surface area contributed by atoms with E-state index in [1.807, 2.05) is 48.8 Å². The average Bonchev–Trinajstić information content (AvgIpc) is 3.63. The summed E-state index contributed by atoms with van der Waals surface area (Å²) in [6.07, 6.45) is 10.0. The number of rotatable bonds is 3. The van der Waals surface area contributed by atoms with E-state index in [0.717, 1.165) is 61.4 Å². The first-order chi connectivity index (χ1) is 22.2. The van der Waals surface area contributed by atoms with Crippen LogP contribution in [0.4, 0.5) is 11.5 Å². The minimum absolute atomic E-state index is 0.817. The Labute approximate surface area is 260 Å². The first-order valence-electron chi connectivity index (χ1n) is 15.1. The molecule has 8 aromatic rings. The molecular weight excluding hydrogens is 550 g/mol. The lowest BCUT2D eigenvalue weighted by Crippen LogP contribution is -2.12. The van der Waals surface area contributed by atoms with Crippen molar-refractivity contribution in [1.82, 2.24) is 9.55 Å². The lowest BCUT2D eigenvalue weighted by molar-refractivity contribution is 0.667. The molecule has 0 spiro atoms. The zero-order valence-electron chi connectivity index (χ0n) is 24.4. The van der Waals surface area contributed by atoms with Gasteiger partial charge in [0.05, 0.1) is 16.7 Å². The standard InChI is InChI=1S/C41H27N3O/c1-27-11-9-10-24-43(39-23-18-29(26-42-39)28-12-3-2-4-13-28)37-21-20-33-34-25-30(19-22-38(34)45-41(33)40(27)37)44-35-16-7-5-14-31(35)32-15-6-8-17-36(32)44/h2-26H,1H2/b11-9-,24-10-. The van der Waals surface area contributed by atoms with E-state index in [9.17, 15) is 0 Å². The van der Waals surface area contributed by atoms with Gasteiger partial charge in [-0.1, -0.05) is 85.5 Å². The van der Waals surface area contributed by atoms with Gasteiger partial charge < -0.3 is 13.9 Å². The molecule has 0 amide bonds. The Bertz CT molecular complexity index is 2440. The Balaban J connectivity index is 1.21. The van der Waals surface area contributed by atoms with Crippen molar-refractivity contribution in [3.63, 3.8) is 0 Å². The number of allylic oxidation sites excluding steroid dienone is 4. The Hall–Kier alpha value is -6.13. The molecule has 4 heterocycles. The van der Waals surface area contributed by atoms with E-state index < -0.39 is 0 Å². The number of nitrogens with zero attached hydrogens (tertiary/aromatic N) is 3. The van der Waals surface area contributed by atoms with E-state index in [4.69, 9.17) is 9.40 Å². The number of benzene rings is 5. The number of fused-ring (bicyclic) bond motifs is 8. The number of aromatic nitrogens is 2. The molecule has 0 saturated carbocycles. The lowest BCUT2D eigenvalue weighted by Gasteiger charge is -2.24. The predicted octanol–water partition coefficient (Wildman–Crippen LogP) is 11.0. The smallest absolute Gasteiger partial charge is 0.145 e. The van der Waals surface area contributed by atoms with Gasteiger partial charge in [0.1, 0.15) is 17.0 Å². The summed E-state index contributed by atoms with van der Waals surface area (Å²) >= 11 is 0. The highest BCUT2D eigenvalue weighted by molar-refractivity contribution is 6.13. The molecule has 0 bridgehead atoms. The molecule has 0 radical (unpaired) electrons. The SMILES string of the molecule is C=C1/C=C\C=C/N(c2ccc(-c3ccccc3)cn2)c2ccc3c(oc4ccc(-n5c6ccccc6c6ccccc65)cc43)c21. The molecule has 9 rings (SSSR count). The van der Waals surface area contributed by atoms with Crippen LogP contribution in [-0.2, 0) is 0 Å². The third-order valence-electron chi connectivity index (χ3n) is 8.77. The number of hydrogen-bond donors (Lipinski definition) is 0. The van der Waals surface area contributed by atoms with Crippen LogP contribution in [0.1, 0.15) is 5.56 Å². The normalized spacial score (nSPS) is 14.6. The second kappa shape index (κ2) is 9.97. The highest BCUT2D eigenvalue weighted by Gasteiger charge is 2.22. The Morgan fingerprint density at radius 2 is 1.38 bits per heavy atom. The number of furan rings is 1. The molecule has 0 aliphatic carbocycles. The van der Waals surface area contributed by atoms with Gasteiger partial charge in [-0.3, -0.25) is 0 Å². The van der Waals surface area contributed by atoms with E-state index in [-0.39, 0.29) is 0 Å². The topological polar surface area (TPSA) is 34.2 Å². The van der Waals surface area contributed by atoms with Crippen LogP contribution in [0.3, 0.4) is 0 Å². The van der Waals surface area contributed by atoms with Crippen LogP contribution in [0.15, 0.2) is 163 Å². The number of pyridine rings is 1. The molecule has 0 fully saturated rings. The molecule has 0 saturated heterocycles. The van der Waals surface area contributed by atoms with Crippen LogP contribution in [-0.4, -0.2) is 9.55 Å².